The van der Waals surface area contributed by atoms with Crippen LogP contribution in [0.25, 0.3) is 27.9 Å². The van der Waals surface area contributed by atoms with E-state index in [1.807, 2.05) is 13.1 Å². The molecule has 1 saturated heterocycles. The average Bonchev–Trinajstić information content (AvgIpc) is 3.50. The van der Waals surface area contributed by atoms with E-state index in [4.69, 9.17) is 4.74 Å². The Balaban J connectivity index is 0.000000173. The molecule has 0 radical (unpaired) electrons. The van der Waals surface area contributed by atoms with E-state index in [1.54, 1.807) is 18.6 Å². The Morgan fingerprint density at radius 1 is 1.19 bits per heavy atom. The minimum atomic E-state index is -0.121. The predicted molar refractivity (Wildman–Crippen MR) is 169 cm³/mol. The van der Waals surface area contributed by atoms with Crippen molar-refractivity contribution in [2.45, 2.75) is 31.8 Å². The van der Waals surface area contributed by atoms with Gasteiger partial charge in [-0.1, -0.05) is 24.8 Å². The second-order valence-corrected chi connectivity index (χ2v) is 10.5. The molecule has 1 atom stereocenters. The van der Waals surface area contributed by atoms with Crippen LogP contribution in [0.3, 0.4) is 0 Å². The van der Waals surface area contributed by atoms with Crippen molar-refractivity contribution in [3.63, 3.8) is 0 Å². The number of nitrogens with one attached hydrogen (secondary N) is 3. The van der Waals surface area contributed by atoms with Gasteiger partial charge < -0.3 is 20.4 Å². The van der Waals surface area contributed by atoms with Crippen LogP contribution in [0, 0.1) is 0 Å². The Hall–Kier alpha value is -4.67. The molecule has 10 heteroatoms. The number of piperidine rings is 1. The number of rotatable bonds is 8. The second kappa shape index (κ2) is 14.5. The third-order valence-corrected chi connectivity index (χ3v) is 7.59. The van der Waals surface area contributed by atoms with Crippen molar-refractivity contribution in [2.75, 3.05) is 38.7 Å². The molecule has 1 aromatic carbocycles. The van der Waals surface area contributed by atoms with Gasteiger partial charge in [0, 0.05) is 49.1 Å². The Morgan fingerprint density at radius 3 is 2.79 bits per heavy atom. The number of carbonyl (C=O) groups is 2. The Morgan fingerprint density at radius 2 is 2.05 bits per heavy atom. The fourth-order valence-electron chi connectivity index (χ4n) is 5.40. The Kier molecular flexibility index (Phi) is 10.0. The van der Waals surface area contributed by atoms with Crippen molar-refractivity contribution in [3.05, 3.63) is 90.7 Å². The standard InChI is InChI=1S/C18H18N4O.C15H19N3O2/c1-19-14-4-2-12(3-5-14)16-10-15-17(13-6-8-23-9-7-13)20-11-21-18(15)22-16;1-2-15(20)17-13-4-3-7-18(10-13)9-12-5-6-16-14(8-12)11-19/h2-6,10-11,19H,7-9H2,1H3,(H,20,21,22);2,5-6,8,11,13H,1,3-4,7,9-10H2,(H,17,20). The third kappa shape index (κ3) is 7.79. The lowest BCUT2D eigenvalue weighted by atomic mass is 10.0. The van der Waals surface area contributed by atoms with E-state index in [9.17, 15) is 9.59 Å². The molecule has 0 aliphatic carbocycles. The topological polar surface area (TPSA) is 125 Å². The van der Waals surface area contributed by atoms with Crippen molar-refractivity contribution >= 4 is 34.5 Å². The number of anilines is 1. The fraction of sp³-hybridized carbons (Fsp3) is 0.303. The zero-order chi connectivity index (χ0) is 30.0. The van der Waals surface area contributed by atoms with Crippen molar-refractivity contribution in [2.24, 2.45) is 0 Å². The molecule has 2 aliphatic rings. The van der Waals surface area contributed by atoms with Gasteiger partial charge in [-0.25, -0.2) is 9.97 Å². The van der Waals surface area contributed by atoms with Gasteiger partial charge in [0.2, 0.25) is 5.91 Å². The van der Waals surface area contributed by atoms with Crippen molar-refractivity contribution in [1.29, 1.82) is 0 Å². The van der Waals surface area contributed by atoms with Crippen LogP contribution in [0.4, 0.5) is 5.69 Å². The average molecular weight is 580 g/mol. The molecule has 3 N–H and O–H groups in total. The number of likely N-dealkylation sites (tertiary alicyclic amines) is 1. The maximum atomic E-state index is 11.3. The number of aldehydes is 1. The number of aromatic amines is 1. The van der Waals surface area contributed by atoms with Crippen LogP contribution in [-0.2, 0) is 16.1 Å². The lowest BCUT2D eigenvalue weighted by Crippen LogP contribution is -2.46. The van der Waals surface area contributed by atoms with Crippen molar-refractivity contribution < 1.29 is 14.3 Å². The van der Waals surface area contributed by atoms with Gasteiger partial charge in [-0.15, -0.1) is 0 Å². The number of benzene rings is 1. The highest BCUT2D eigenvalue weighted by atomic mass is 16.5. The van der Waals surface area contributed by atoms with Crippen LogP contribution in [0.1, 0.15) is 41.0 Å². The summed E-state index contributed by atoms with van der Waals surface area (Å²) in [5.41, 5.74) is 7.92. The summed E-state index contributed by atoms with van der Waals surface area (Å²) < 4.78 is 5.40. The Bertz CT molecular complexity index is 1600. The minimum absolute atomic E-state index is 0.121. The number of aromatic nitrogens is 4. The first-order valence-electron chi connectivity index (χ1n) is 14.5. The number of nitrogens with zero attached hydrogens (tertiary/aromatic N) is 4. The van der Waals surface area contributed by atoms with Crippen LogP contribution >= 0.6 is 0 Å². The molecule has 0 bridgehead atoms. The second-order valence-electron chi connectivity index (χ2n) is 10.5. The number of H-pyrrole nitrogens is 1. The summed E-state index contributed by atoms with van der Waals surface area (Å²) in [5, 5.41) is 7.14. The number of pyridine rings is 1. The van der Waals surface area contributed by atoms with Crippen LogP contribution in [0.5, 0.6) is 0 Å². The number of carbonyl (C=O) groups excluding carboxylic acids is 2. The molecule has 1 unspecified atom stereocenters. The Labute approximate surface area is 251 Å². The lowest BCUT2D eigenvalue weighted by Gasteiger charge is -2.33. The fourth-order valence-corrected chi connectivity index (χ4v) is 5.40. The smallest absolute Gasteiger partial charge is 0.243 e. The summed E-state index contributed by atoms with van der Waals surface area (Å²) in [6, 6.07) is 14.3. The molecule has 1 amide bonds. The maximum absolute atomic E-state index is 11.3. The first-order valence-corrected chi connectivity index (χ1v) is 14.5. The van der Waals surface area contributed by atoms with Crippen molar-refractivity contribution in [1.82, 2.24) is 30.2 Å². The van der Waals surface area contributed by atoms with E-state index in [0.717, 1.165) is 91.0 Å². The minimum Gasteiger partial charge on any atom is -0.388 e. The summed E-state index contributed by atoms with van der Waals surface area (Å²) in [4.78, 5) is 40.6. The first kappa shape index (κ1) is 29.8. The molecule has 3 aromatic heterocycles. The molecule has 4 aromatic rings. The molecule has 0 saturated carbocycles. The van der Waals surface area contributed by atoms with E-state index in [2.05, 4.69) is 78.5 Å². The van der Waals surface area contributed by atoms with Crippen LogP contribution in [-0.4, -0.2) is 76.4 Å². The number of hydrogen-bond acceptors (Lipinski definition) is 8. The van der Waals surface area contributed by atoms with Gasteiger partial charge in [0.25, 0.3) is 0 Å². The molecule has 10 nitrogen and oxygen atoms in total. The zero-order valence-electron chi connectivity index (χ0n) is 24.4. The van der Waals surface area contributed by atoms with E-state index >= 15 is 0 Å². The molecular weight excluding hydrogens is 542 g/mol. The van der Waals surface area contributed by atoms with Gasteiger partial charge in [0.15, 0.2) is 6.29 Å². The van der Waals surface area contributed by atoms with Gasteiger partial charge in [0.1, 0.15) is 17.7 Å². The summed E-state index contributed by atoms with van der Waals surface area (Å²) in [6.07, 6.45) is 10.4. The van der Waals surface area contributed by atoms with Gasteiger partial charge in [0.05, 0.1) is 18.9 Å². The number of fused-ring (bicyclic) bond motifs is 1. The molecule has 0 spiro atoms. The monoisotopic (exact) mass is 579 g/mol. The summed E-state index contributed by atoms with van der Waals surface area (Å²) in [5.74, 6) is -0.121. The van der Waals surface area contributed by atoms with E-state index < -0.39 is 0 Å². The van der Waals surface area contributed by atoms with Crippen LogP contribution < -0.4 is 10.6 Å². The van der Waals surface area contributed by atoms with E-state index in [-0.39, 0.29) is 11.9 Å². The van der Waals surface area contributed by atoms with Crippen LogP contribution in [0.2, 0.25) is 0 Å². The zero-order valence-corrected chi connectivity index (χ0v) is 24.4. The largest absolute Gasteiger partial charge is 0.388 e. The first-order chi connectivity index (χ1) is 21.1. The number of ether oxygens (including phenoxy) is 1. The highest BCUT2D eigenvalue weighted by molar-refractivity contribution is 5.92. The van der Waals surface area contributed by atoms with Gasteiger partial charge in [-0.3, -0.25) is 19.5 Å². The molecular formula is C33H37N7O3. The molecule has 222 valence electrons. The molecule has 2 aliphatic heterocycles. The maximum Gasteiger partial charge on any atom is 0.243 e. The molecule has 1 fully saturated rings. The molecule has 6 rings (SSSR count). The van der Waals surface area contributed by atoms with Crippen LogP contribution in [0.15, 0.2) is 73.7 Å². The SMILES string of the molecule is C=CC(=O)NC1CCCN(Cc2ccnc(C=O)c2)C1.CNc1ccc(-c2cc3c(C4=CCOCC4)ncnc3[nH]2)cc1. The van der Waals surface area contributed by atoms with Gasteiger partial charge in [-0.2, -0.15) is 0 Å². The highest BCUT2D eigenvalue weighted by Gasteiger charge is 2.21. The number of amides is 1. The van der Waals surface area contributed by atoms with E-state index in [1.165, 1.54) is 11.6 Å². The summed E-state index contributed by atoms with van der Waals surface area (Å²) in [7, 11) is 1.92. The normalized spacial score (nSPS) is 16.9. The van der Waals surface area contributed by atoms with Gasteiger partial charge >= 0.3 is 0 Å². The molecule has 5 heterocycles. The number of hydrogen-bond donors (Lipinski definition) is 3. The predicted octanol–water partition coefficient (Wildman–Crippen LogP) is 4.63. The highest BCUT2D eigenvalue weighted by Crippen LogP contribution is 2.30. The lowest BCUT2D eigenvalue weighted by molar-refractivity contribution is -0.117. The van der Waals surface area contributed by atoms with E-state index in [0.29, 0.717) is 12.3 Å². The quantitative estimate of drug-likeness (QED) is 0.204. The summed E-state index contributed by atoms with van der Waals surface area (Å²) in [6.45, 7) is 7.46. The molecule has 43 heavy (non-hydrogen) atoms. The van der Waals surface area contributed by atoms with Gasteiger partial charge in [-0.05, 0) is 78.9 Å². The third-order valence-electron chi connectivity index (χ3n) is 7.59. The summed E-state index contributed by atoms with van der Waals surface area (Å²) >= 11 is 0. The van der Waals surface area contributed by atoms with Crippen molar-refractivity contribution in [3.8, 4) is 11.3 Å².